The van der Waals surface area contributed by atoms with Crippen LogP contribution in [0, 0.1) is 0 Å². The van der Waals surface area contributed by atoms with E-state index in [1.54, 1.807) is 13.0 Å². The molecule has 2 atom stereocenters. The zero-order chi connectivity index (χ0) is 22.6. The Bertz CT molecular complexity index is 1160. The summed E-state index contributed by atoms with van der Waals surface area (Å²) in [7, 11) is -7.67. The minimum Gasteiger partial charge on any atom is -0.377 e. The predicted molar refractivity (Wildman–Crippen MR) is 114 cm³/mol. The van der Waals surface area contributed by atoms with Crippen LogP contribution < -0.4 is 15.2 Å². The molecule has 1 amide bonds. The Balaban J connectivity index is 1.71. The molecule has 4 N–H and O–H groups in total. The maximum Gasteiger partial charge on any atom is 0.251 e. The molecule has 3 rings (SSSR count). The van der Waals surface area contributed by atoms with E-state index in [0.29, 0.717) is 12.2 Å². The lowest BCUT2D eigenvalue weighted by Gasteiger charge is -2.16. The van der Waals surface area contributed by atoms with Gasteiger partial charge in [-0.2, -0.15) is 0 Å². The second-order valence-electron chi connectivity index (χ2n) is 7.33. The lowest BCUT2D eigenvalue weighted by atomic mass is 10.1. The van der Waals surface area contributed by atoms with Crippen LogP contribution in [0.4, 0.5) is 0 Å². The summed E-state index contributed by atoms with van der Waals surface area (Å²) in [6.45, 7) is 2.49. The van der Waals surface area contributed by atoms with E-state index in [1.165, 1.54) is 42.5 Å². The van der Waals surface area contributed by atoms with Crippen LogP contribution in [0.15, 0.2) is 58.3 Å². The Labute approximate surface area is 182 Å². The molecule has 168 valence electrons. The molecule has 0 radical (unpaired) electrons. The largest absolute Gasteiger partial charge is 0.377 e. The van der Waals surface area contributed by atoms with Crippen molar-refractivity contribution in [1.82, 2.24) is 10.0 Å². The number of rotatable bonds is 8. The summed E-state index contributed by atoms with van der Waals surface area (Å²) in [4.78, 5) is 12.6. The molecule has 0 spiro atoms. The minimum atomic E-state index is -3.87. The summed E-state index contributed by atoms with van der Waals surface area (Å²) < 4.78 is 56.2. The summed E-state index contributed by atoms with van der Waals surface area (Å²) in [5, 5.41) is 7.89. The number of carbonyl (C=O) groups is 1. The quantitative estimate of drug-likeness (QED) is 0.533. The average molecular weight is 468 g/mol. The Morgan fingerprint density at radius 3 is 2.52 bits per heavy atom. The van der Waals surface area contributed by atoms with E-state index in [2.05, 4.69) is 10.0 Å². The van der Waals surface area contributed by atoms with Crippen molar-refractivity contribution in [2.24, 2.45) is 5.14 Å². The van der Waals surface area contributed by atoms with Crippen molar-refractivity contribution in [3.63, 3.8) is 0 Å². The summed E-state index contributed by atoms with van der Waals surface area (Å²) >= 11 is 0. The molecule has 0 aromatic heterocycles. The Hall–Kier alpha value is -2.31. The van der Waals surface area contributed by atoms with Gasteiger partial charge in [0.1, 0.15) is 0 Å². The molecule has 2 aromatic carbocycles. The molecule has 1 heterocycles. The van der Waals surface area contributed by atoms with Gasteiger partial charge in [-0.25, -0.2) is 26.7 Å². The van der Waals surface area contributed by atoms with Crippen molar-refractivity contribution in [3.8, 4) is 0 Å². The molecule has 1 aliphatic rings. The van der Waals surface area contributed by atoms with Gasteiger partial charge in [-0.3, -0.25) is 4.79 Å². The maximum atomic E-state index is 12.7. The predicted octanol–water partition coefficient (Wildman–Crippen LogP) is 1.28. The molecule has 31 heavy (non-hydrogen) atoms. The lowest BCUT2D eigenvalue weighted by molar-refractivity contribution is 0.0939. The van der Waals surface area contributed by atoms with Crippen LogP contribution in [0.25, 0.3) is 0 Å². The van der Waals surface area contributed by atoms with Crippen molar-refractivity contribution < 1.29 is 26.4 Å². The maximum absolute atomic E-state index is 12.7. The van der Waals surface area contributed by atoms with Crippen LogP contribution in [-0.2, 0) is 24.8 Å². The van der Waals surface area contributed by atoms with Crippen molar-refractivity contribution in [3.05, 3.63) is 59.7 Å². The zero-order valence-electron chi connectivity index (χ0n) is 16.9. The second kappa shape index (κ2) is 9.45. The van der Waals surface area contributed by atoms with Crippen molar-refractivity contribution in [1.29, 1.82) is 0 Å². The summed E-state index contributed by atoms with van der Waals surface area (Å²) in [6.07, 6.45) is 1.56. The number of nitrogens with one attached hydrogen (secondary N) is 2. The van der Waals surface area contributed by atoms with E-state index < -0.39 is 32.0 Å². The van der Waals surface area contributed by atoms with E-state index >= 15 is 0 Å². The highest BCUT2D eigenvalue weighted by molar-refractivity contribution is 7.89. The van der Waals surface area contributed by atoms with Crippen molar-refractivity contribution in [2.45, 2.75) is 41.7 Å². The molecule has 0 aliphatic carbocycles. The van der Waals surface area contributed by atoms with Crippen LogP contribution in [0.3, 0.4) is 0 Å². The first-order valence-electron chi connectivity index (χ1n) is 9.71. The molecular formula is C20H25N3O6S2. The number of hydrogen-bond acceptors (Lipinski definition) is 6. The fraction of sp³-hybridized carbons (Fsp3) is 0.350. The first-order valence-corrected chi connectivity index (χ1v) is 12.7. The number of nitrogens with two attached hydrogens (primary N) is 1. The Morgan fingerprint density at radius 2 is 1.84 bits per heavy atom. The third kappa shape index (κ3) is 6.11. The van der Waals surface area contributed by atoms with E-state index in [4.69, 9.17) is 9.88 Å². The van der Waals surface area contributed by atoms with Gasteiger partial charge in [-0.05, 0) is 55.7 Å². The SMILES string of the molecule is CC(NC(=O)c1cccc(S(=O)(=O)NCC2CCCO2)c1)c1cccc(S(N)(=O)=O)c1. The van der Waals surface area contributed by atoms with Crippen LogP contribution in [0.2, 0.25) is 0 Å². The van der Waals surface area contributed by atoms with E-state index in [0.717, 1.165) is 12.8 Å². The molecule has 9 nitrogen and oxygen atoms in total. The number of sulfonamides is 2. The number of carbonyl (C=O) groups excluding carboxylic acids is 1. The number of hydrogen-bond donors (Lipinski definition) is 3. The summed E-state index contributed by atoms with van der Waals surface area (Å²) in [6, 6.07) is 11.1. The normalized spacial score (nSPS) is 17.9. The monoisotopic (exact) mass is 467 g/mol. The Morgan fingerprint density at radius 1 is 1.13 bits per heavy atom. The fourth-order valence-corrected chi connectivity index (χ4v) is 4.90. The molecule has 0 saturated carbocycles. The smallest absolute Gasteiger partial charge is 0.251 e. The number of benzene rings is 2. The van der Waals surface area contributed by atoms with Crippen LogP contribution in [0.5, 0.6) is 0 Å². The van der Waals surface area contributed by atoms with Gasteiger partial charge >= 0.3 is 0 Å². The van der Waals surface area contributed by atoms with Gasteiger partial charge in [0.2, 0.25) is 20.0 Å². The van der Waals surface area contributed by atoms with Gasteiger partial charge in [-0.1, -0.05) is 18.2 Å². The highest BCUT2D eigenvalue weighted by atomic mass is 32.2. The van der Waals surface area contributed by atoms with Gasteiger partial charge < -0.3 is 10.1 Å². The minimum absolute atomic E-state index is 0.0259. The van der Waals surface area contributed by atoms with Gasteiger partial charge in [-0.15, -0.1) is 0 Å². The fourth-order valence-electron chi connectivity index (χ4n) is 3.22. The number of amides is 1. The summed E-state index contributed by atoms with van der Waals surface area (Å²) in [5.41, 5.74) is 0.705. The molecular weight excluding hydrogens is 442 g/mol. The van der Waals surface area contributed by atoms with E-state index in [-0.39, 0.29) is 28.0 Å². The standard InChI is InChI=1S/C20H25N3O6S2/c1-14(15-5-2-8-18(11-15)30(21,25)26)23-20(24)16-6-3-9-19(12-16)31(27,28)22-13-17-7-4-10-29-17/h2-3,5-6,8-9,11-12,14,17,22H,4,7,10,13H2,1H3,(H,23,24)(H2,21,25,26). The van der Waals surface area contributed by atoms with Crippen LogP contribution >= 0.6 is 0 Å². The Kier molecular flexibility index (Phi) is 7.12. The molecule has 11 heteroatoms. The highest BCUT2D eigenvalue weighted by Gasteiger charge is 2.21. The third-order valence-corrected chi connectivity index (χ3v) is 7.30. The van der Waals surface area contributed by atoms with E-state index in [1.807, 2.05) is 0 Å². The van der Waals surface area contributed by atoms with E-state index in [9.17, 15) is 21.6 Å². The molecule has 1 saturated heterocycles. The van der Waals surface area contributed by atoms with Gasteiger partial charge in [0.15, 0.2) is 0 Å². The average Bonchev–Trinajstić information content (AvgIpc) is 3.26. The zero-order valence-corrected chi connectivity index (χ0v) is 18.6. The van der Waals surface area contributed by atoms with Gasteiger partial charge in [0.25, 0.3) is 5.91 Å². The highest BCUT2D eigenvalue weighted by Crippen LogP contribution is 2.19. The third-order valence-electron chi connectivity index (χ3n) is 4.97. The lowest BCUT2D eigenvalue weighted by Crippen LogP contribution is -2.32. The molecule has 2 aromatic rings. The van der Waals surface area contributed by atoms with Gasteiger partial charge in [0.05, 0.1) is 21.9 Å². The molecule has 2 unspecified atom stereocenters. The molecule has 1 fully saturated rings. The second-order valence-corrected chi connectivity index (χ2v) is 10.7. The summed E-state index contributed by atoms with van der Waals surface area (Å²) in [5.74, 6) is -0.496. The van der Waals surface area contributed by atoms with Gasteiger partial charge in [0, 0.05) is 18.7 Å². The van der Waals surface area contributed by atoms with Crippen molar-refractivity contribution in [2.75, 3.05) is 13.2 Å². The number of primary sulfonamides is 1. The number of ether oxygens (including phenoxy) is 1. The van der Waals surface area contributed by atoms with Crippen LogP contribution in [-0.4, -0.2) is 42.0 Å². The topological polar surface area (TPSA) is 145 Å². The first kappa shape index (κ1) is 23.4. The molecule has 1 aliphatic heterocycles. The molecule has 0 bridgehead atoms. The van der Waals surface area contributed by atoms with Crippen LogP contribution in [0.1, 0.15) is 41.7 Å². The van der Waals surface area contributed by atoms with Crippen molar-refractivity contribution >= 4 is 26.0 Å². The first-order chi connectivity index (χ1) is 14.6.